The van der Waals surface area contributed by atoms with Crippen LogP contribution in [-0.4, -0.2) is 24.4 Å². The van der Waals surface area contributed by atoms with Gasteiger partial charge in [0.15, 0.2) is 0 Å². The molecule has 1 fully saturated rings. The Hall–Kier alpha value is -2.62. The molecule has 0 saturated carbocycles. The third-order valence-electron chi connectivity index (χ3n) is 4.75. The van der Waals surface area contributed by atoms with Crippen LogP contribution in [0.15, 0.2) is 36.4 Å². The maximum absolute atomic E-state index is 12.5. The van der Waals surface area contributed by atoms with E-state index in [-0.39, 0.29) is 17.9 Å². The van der Waals surface area contributed by atoms with Gasteiger partial charge in [-0.05, 0) is 63.1 Å². The molecular weight excluding hydrogens is 312 g/mol. The van der Waals surface area contributed by atoms with Gasteiger partial charge in [0.2, 0.25) is 5.91 Å². The average Bonchev–Trinajstić information content (AvgIpc) is 2.89. The smallest absolute Gasteiger partial charge is 0.251 e. The van der Waals surface area contributed by atoms with Crippen molar-refractivity contribution in [3.8, 4) is 0 Å². The fourth-order valence-corrected chi connectivity index (χ4v) is 3.32. The lowest BCUT2D eigenvalue weighted by Gasteiger charge is -2.18. The molecule has 0 bridgehead atoms. The van der Waals surface area contributed by atoms with Gasteiger partial charge in [-0.25, -0.2) is 0 Å². The highest BCUT2D eigenvalue weighted by atomic mass is 16.2. The van der Waals surface area contributed by atoms with E-state index in [1.165, 1.54) is 5.56 Å². The lowest BCUT2D eigenvalue weighted by atomic mass is 10.1. The van der Waals surface area contributed by atoms with E-state index in [0.29, 0.717) is 18.5 Å². The Morgan fingerprint density at radius 1 is 1.00 bits per heavy atom. The molecule has 1 atom stereocenters. The van der Waals surface area contributed by atoms with Gasteiger partial charge in [0.25, 0.3) is 5.91 Å². The lowest BCUT2D eigenvalue weighted by molar-refractivity contribution is -0.117. The van der Waals surface area contributed by atoms with Crippen LogP contribution < -0.4 is 10.2 Å². The van der Waals surface area contributed by atoms with Crippen molar-refractivity contribution in [3.63, 3.8) is 0 Å². The first-order chi connectivity index (χ1) is 11.8. The number of rotatable bonds is 3. The van der Waals surface area contributed by atoms with Gasteiger partial charge < -0.3 is 10.2 Å². The Labute approximate surface area is 148 Å². The molecule has 25 heavy (non-hydrogen) atoms. The van der Waals surface area contributed by atoms with Crippen LogP contribution in [0.3, 0.4) is 0 Å². The minimum absolute atomic E-state index is 0.0500. The number of nitrogens with one attached hydrogen (secondary N) is 1. The summed E-state index contributed by atoms with van der Waals surface area (Å²) in [7, 11) is 0. The second-order valence-electron chi connectivity index (χ2n) is 7.02. The summed E-state index contributed by atoms with van der Waals surface area (Å²) in [5.41, 5.74) is 6.03. The van der Waals surface area contributed by atoms with E-state index in [2.05, 4.69) is 12.2 Å². The van der Waals surface area contributed by atoms with Crippen LogP contribution in [0.1, 0.15) is 39.0 Å². The first kappa shape index (κ1) is 17.2. The standard InChI is InChI=1S/C21H24N2O2/c1-13-7-14(2)9-17(8-13)21(25)22-18-11-20(24)23(12-18)19-6-5-15(3)16(4)10-19/h5-10,18H,11-12H2,1-4H3,(H,22,25). The summed E-state index contributed by atoms with van der Waals surface area (Å²) in [5.74, 6) is -0.0690. The van der Waals surface area contributed by atoms with Gasteiger partial charge in [-0.3, -0.25) is 9.59 Å². The first-order valence-corrected chi connectivity index (χ1v) is 8.60. The van der Waals surface area contributed by atoms with Gasteiger partial charge in [-0.1, -0.05) is 23.3 Å². The van der Waals surface area contributed by atoms with Crippen LogP contribution in [-0.2, 0) is 4.79 Å². The Kier molecular flexibility index (Phi) is 4.62. The van der Waals surface area contributed by atoms with Crippen LogP contribution in [0.4, 0.5) is 5.69 Å². The molecule has 1 heterocycles. The SMILES string of the molecule is Cc1cc(C)cc(C(=O)NC2CC(=O)N(c3ccc(C)c(C)c3)C2)c1. The predicted octanol–water partition coefficient (Wildman–Crippen LogP) is 3.46. The van der Waals surface area contributed by atoms with E-state index in [9.17, 15) is 9.59 Å². The number of amides is 2. The van der Waals surface area contributed by atoms with Gasteiger partial charge in [0.05, 0.1) is 6.04 Å². The second-order valence-corrected chi connectivity index (χ2v) is 7.02. The van der Waals surface area contributed by atoms with Gasteiger partial charge in [-0.2, -0.15) is 0 Å². The van der Waals surface area contributed by atoms with Gasteiger partial charge in [0, 0.05) is 24.2 Å². The first-order valence-electron chi connectivity index (χ1n) is 8.60. The number of carbonyl (C=O) groups is 2. The molecule has 1 aliphatic heterocycles. The highest BCUT2D eigenvalue weighted by molar-refractivity contribution is 5.99. The molecule has 4 nitrogen and oxygen atoms in total. The number of anilines is 1. The monoisotopic (exact) mass is 336 g/mol. The van der Waals surface area contributed by atoms with Crippen LogP contribution in [0.2, 0.25) is 0 Å². The molecule has 2 amide bonds. The van der Waals surface area contributed by atoms with Crippen LogP contribution in [0.25, 0.3) is 0 Å². The van der Waals surface area contributed by atoms with E-state index < -0.39 is 0 Å². The number of benzene rings is 2. The highest BCUT2D eigenvalue weighted by Gasteiger charge is 2.31. The summed E-state index contributed by atoms with van der Waals surface area (Å²) < 4.78 is 0. The molecule has 130 valence electrons. The Balaban J connectivity index is 1.72. The third kappa shape index (κ3) is 3.73. The minimum Gasteiger partial charge on any atom is -0.347 e. The number of carbonyl (C=O) groups excluding carboxylic acids is 2. The zero-order valence-corrected chi connectivity index (χ0v) is 15.2. The maximum atomic E-state index is 12.5. The van der Waals surface area contributed by atoms with Gasteiger partial charge in [0.1, 0.15) is 0 Å². The molecule has 2 aromatic carbocycles. The summed E-state index contributed by atoms with van der Waals surface area (Å²) in [5, 5.41) is 3.00. The Bertz CT molecular complexity index is 822. The molecule has 0 aromatic heterocycles. The van der Waals surface area contributed by atoms with Crippen LogP contribution in [0, 0.1) is 27.7 Å². The van der Waals surface area contributed by atoms with Gasteiger partial charge in [-0.15, -0.1) is 0 Å². The fraction of sp³-hybridized carbons (Fsp3) is 0.333. The molecule has 0 spiro atoms. The predicted molar refractivity (Wildman–Crippen MR) is 100 cm³/mol. The lowest BCUT2D eigenvalue weighted by Crippen LogP contribution is -2.37. The van der Waals surface area contributed by atoms with E-state index in [0.717, 1.165) is 22.4 Å². The summed E-state index contributed by atoms with van der Waals surface area (Å²) in [4.78, 5) is 26.7. The number of hydrogen-bond donors (Lipinski definition) is 1. The molecule has 1 unspecified atom stereocenters. The van der Waals surface area contributed by atoms with Crippen molar-refractivity contribution >= 4 is 17.5 Å². The van der Waals surface area contributed by atoms with Gasteiger partial charge >= 0.3 is 0 Å². The van der Waals surface area contributed by atoms with Crippen molar-refractivity contribution in [1.82, 2.24) is 5.32 Å². The number of hydrogen-bond acceptors (Lipinski definition) is 2. The molecule has 1 aliphatic rings. The number of aryl methyl sites for hydroxylation is 4. The zero-order valence-electron chi connectivity index (χ0n) is 15.2. The van der Waals surface area contributed by atoms with E-state index in [1.54, 1.807) is 4.90 Å². The van der Waals surface area contributed by atoms with Crippen molar-refractivity contribution in [2.24, 2.45) is 0 Å². The minimum atomic E-state index is -0.164. The van der Waals surface area contributed by atoms with Crippen LogP contribution in [0.5, 0.6) is 0 Å². The normalized spacial score (nSPS) is 17.0. The molecule has 0 aliphatic carbocycles. The zero-order chi connectivity index (χ0) is 18.1. The molecule has 3 rings (SSSR count). The Morgan fingerprint density at radius 3 is 2.32 bits per heavy atom. The molecule has 0 radical (unpaired) electrons. The van der Waals surface area contributed by atoms with E-state index >= 15 is 0 Å². The summed E-state index contributed by atoms with van der Waals surface area (Å²) >= 11 is 0. The Morgan fingerprint density at radius 2 is 1.68 bits per heavy atom. The molecule has 4 heteroatoms. The maximum Gasteiger partial charge on any atom is 0.251 e. The van der Waals surface area contributed by atoms with Crippen molar-refractivity contribution in [2.75, 3.05) is 11.4 Å². The summed E-state index contributed by atoms with van der Waals surface area (Å²) in [6, 6.07) is 11.6. The largest absolute Gasteiger partial charge is 0.347 e. The van der Waals surface area contributed by atoms with E-state index in [4.69, 9.17) is 0 Å². The van der Waals surface area contributed by atoms with Crippen molar-refractivity contribution < 1.29 is 9.59 Å². The van der Waals surface area contributed by atoms with Crippen molar-refractivity contribution in [3.05, 3.63) is 64.2 Å². The molecular formula is C21H24N2O2. The summed E-state index contributed by atoms with van der Waals surface area (Å²) in [6.45, 7) is 8.56. The van der Waals surface area contributed by atoms with Crippen LogP contribution >= 0.6 is 0 Å². The second kappa shape index (κ2) is 6.71. The average molecular weight is 336 g/mol. The number of nitrogens with zero attached hydrogens (tertiary/aromatic N) is 1. The molecule has 1 N–H and O–H groups in total. The highest BCUT2D eigenvalue weighted by Crippen LogP contribution is 2.24. The molecule has 1 saturated heterocycles. The van der Waals surface area contributed by atoms with E-state index in [1.807, 2.05) is 57.2 Å². The summed E-state index contributed by atoms with van der Waals surface area (Å²) in [6.07, 6.45) is 0.337. The van der Waals surface area contributed by atoms with Crippen molar-refractivity contribution in [1.29, 1.82) is 0 Å². The quantitative estimate of drug-likeness (QED) is 0.933. The third-order valence-corrected chi connectivity index (χ3v) is 4.75. The topological polar surface area (TPSA) is 49.4 Å². The van der Waals surface area contributed by atoms with Crippen molar-refractivity contribution in [2.45, 2.75) is 40.2 Å². The molecule has 2 aromatic rings. The fourth-order valence-electron chi connectivity index (χ4n) is 3.32.